The lowest BCUT2D eigenvalue weighted by Gasteiger charge is -2.25. The standard InChI is InChI=1S/C25H25N3O5S/c1-31-21(29)7-5-15-28-23(22(27-25(28)34)18-6-3-4-14-26-18)20-13-12-19(33-20)16-8-10-17(11-9-16)24(30)32-2/h3-4,6,8-14,22-23H,5,7,15H2,1-2H3,(H,27,34). The first-order valence-electron chi connectivity index (χ1n) is 10.8. The zero-order chi connectivity index (χ0) is 24.1. The topological polar surface area (TPSA) is 93.9 Å². The van der Waals surface area contributed by atoms with Crippen molar-refractivity contribution < 1.29 is 23.5 Å². The third-order valence-corrected chi connectivity index (χ3v) is 6.07. The van der Waals surface area contributed by atoms with Gasteiger partial charge in [0.1, 0.15) is 17.6 Å². The van der Waals surface area contributed by atoms with Crippen molar-refractivity contribution in [3.63, 3.8) is 0 Å². The van der Waals surface area contributed by atoms with Gasteiger partial charge in [0.15, 0.2) is 5.11 Å². The summed E-state index contributed by atoms with van der Waals surface area (Å²) in [6, 6.07) is 16.1. The van der Waals surface area contributed by atoms with Crippen molar-refractivity contribution in [2.45, 2.75) is 24.9 Å². The smallest absolute Gasteiger partial charge is 0.337 e. The Hall–Kier alpha value is -3.72. The number of nitrogens with one attached hydrogen (secondary N) is 1. The Morgan fingerprint density at radius 2 is 1.88 bits per heavy atom. The van der Waals surface area contributed by atoms with E-state index >= 15 is 0 Å². The Morgan fingerprint density at radius 3 is 2.56 bits per heavy atom. The average Bonchev–Trinajstić information content (AvgIpc) is 3.49. The summed E-state index contributed by atoms with van der Waals surface area (Å²) in [7, 11) is 2.73. The third-order valence-electron chi connectivity index (χ3n) is 5.71. The number of methoxy groups -OCH3 is 2. The van der Waals surface area contributed by atoms with Crippen molar-refractivity contribution in [3.05, 3.63) is 77.8 Å². The molecule has 2 atom stereocenters. The highest BCUT2D eigenvalue weighted by Gasteiger charge is 2.41. The number of carbonyl (C=O) groups excluding carboxylic acids is 2. The van der Waals surface area contributed by atoms with Gasteiger partial charge in [0, 0.05) is 24.7 Å². The van der Waals surface area contributed by atoms with E-state index in [4.69, 9.17) is 26.1 Å². The van der Waals surface area contributed by atoms with Gasteiger partial charge < -0.3 is 24.1 Å². The van der Waals surface area contributed by atoms with E-state index in [1.165, 1.54) is 14.2 Å². The molecule has 1 saturated heterocycles. The lowest BCUT2D eigenvalue weighted by molar-refractivity contribution is -0.140. The molecule has 3 heterocycles. The Balaban J connectivity index is 1.62. The van der Waals surface area contributed by atoms with Crippen LogP contribution < -0.4 is 5.32 Å². The highest BCUT2D eigenvalue weighted by atomic mass is 32.1. The van der Waals surface area contributed by atoms with Crippen LogP contribution in [-0.4, -0.2) is 47.7 Å². The number of thiocarbonyl (C=S) groups is 1. The van der Waals surface area contributed by atoms with Crippen molar-refractivity contribution in [2.75, 3.05) is 20.8 Å². The first kappa shape index (κ1) is 23.4. The SMILES string of the molecule is COC(=O)CCCN1C(=S)NC(c2ccccn2)C1c1ccc(-c2ccc(C(=O)OC)cc2)o1. The van der Waals surface area contributed by atoms with Gasteiger partial charge in [0.2, 0.25) is 0 Å². The first-order valence-corrected chi connectivity index (χ1v) is 11.3. The molecule has 2 aromatic heterocycles. The monoisotopic (exact) mass is 479 g/mol. The van der Waals surface area contributed by atoms with Gasteiger partial charge in [0.25, 0.3) is 0 Å². The molecule has 176 valence electrons. The molecule has 8 nitrogen and oxygen atoms in total. The Morgan fingerprint density at radius 1 is 1.09 bits per heavy atom. The van der Waals surface area contributed by atoms with E-state index in [0.29, 0.717) is 41.6 Å². The molecule has 1 N–H and O–H groups in total. The zero-order valence-corrected chi connectivity index (χ0v) is 19.7. The van der Waals surface area contributed by atoms with Crippen LogP contribution in [0.1, 0.15) is 46.7 Å². The number of nitrogens with zero attached hydrogens (tertiary/aromatic N) is 2. The molecule has 0 radical (unpaired) electrons. The maximum atomic E-state index is 11.7. The predicted molar refractivity (Wildman–Crippen MR) is 129 cm³/mol. The van der Waals surface area contributed by atoms with Crippen LogP contribution in [0.4, 0.5) is 0 Å². The van der Waals surface area contributed by atoms with E-state index in [1.54, 1.807) is 18.3 Å². The third kappa shape index (κ3) is 4.94. The van der Waals surface area contributed by atoms with Crippen molar-refractivity contribution in [1.29, 1.82) is 0 Å². The summed E-state index contributed by atoms with van der Waals surface area (Å²) in [5, 5.41) is 3.94. The van der Waals surface area contributed by atoms with Crippen molar-refractivity contribution in [3.8, 4) is 11.3 Å². The number of furan rings is 1. The summed E-state index contributed by atoms with van der Waals surface area (Å²) >= 11 is 5.64. The summed E-state index contributed by atoms with van der Waals surface area (Å²) in [6.45, 7) is 0.554. The Kier molecular flexibility index (Phi) is 7.22. The van der Waals surface area contributed by atoms with Crippen LogP contribution in [0.25, 0.3) is 11.3 Å². The fraction of sp³-hybridized carbons (Fsp3) is 0.280. The minimum atomic E-state index is -0.391. The van der Waals surface area contributed by atoms with Gasteiger partial charge in [-0.2, -0.15) is 0 Å². The molecular formula is C25H25N3O5S. The first-order chi connectivity index (χ1) is 16.5. The van der Waals surface area contributed by atoms with Gasteiger partial charge in [-0.1, -0.05) is 18.2 Å². The van der Waals surface area contributed by atoms with Crippen LogP contribution in [0.5, 0.6) is 0 Å². The normalized spacial score (nSPS) is 17.4. The van der Waals surface area contributed by atoms with E-state index < -0.39 is 5.97 Å². The van der Waals surface area contributed by atoms with Crippen LogP contribution >= 0.6 is 12.2 Å². The lowest BCUT2D eigenvalue weighted by Crippen LogP contribution is -2.30. The van der Waals surface area contributed by atoms with Crippen molar-refractivity contribution in [2.24, 2.45) is 0 Å². The second-order valence-corrected chi connectivity index (χ2v) is 8.16. The molecular weight excluding hydrogens is 454 g/mol. The second kappa shape index (κ2) is 10.5. The fourth-order valence-electron chi connectivity index (χ4n) is 4.01. The molecule has 0 spiro atoms. The van der Waals surface area contributed by atoms with E-state index in [2.05, 4.69) is 10.3 Å². The minimum Gasteiger partial charge on any atom is -0.469 e. The van der Waals surface area contributed by atoms with Crippen molar-refractivity contribution in [1.82, 2.24) is 15.2 Å². The molecule has 0 bridgehead atoms. The molecule has 1 fully saturated rings. The van der Waals surface area contributed by atoms with Gasteiger partial charge in [-0.3, -0.25) is 9.78 Å². The number of rotatable bonds is 8. The number of esters is 2. The van der Waals surface area contributed by atoms with Gasteiger partial charge in [0.05, 0.1) is 31.5 Å². The lowest BCUT2D eigenvalue weighted by atomic mass is 10.0. The van der Waals surface area contributed by atoms with Crippen LogP contribution in [0, 0.1) is 0 Å². The number of aromatic nitrogens is 1. The molecule has 9 heteroatoms. The minimum absolute atomic E-state index is 0.215. The molecule has 1 aliphatic rings. The molecule has 0 aliphatic carbocycles. The summed E-state index contributed by atoms with van der Waals surface area (Å²) in [5.74, 6) is 0.733. The number of hydrogen-bond donors (Lipinski definition) is 1. The van der Waals surface area contributed by atoms with Gasteiger partial charge >= 0.3 is 11.9 Å². The maximum absolute atomic E-state index is 11.7. The Labute approximate surface area is 202 Å². The van der Waals surface area contributed by atoms with Crippen LogP contribution in [-0.2, 0) is 14.3 Å². The number of hydrogen-bond acceptors (Lipinski definition) is 7. The molecule has 0 saturated carbocycles. The average molecular weight is 480 g/mol. The van der Waals surface area contributed by atoms with E-state index in [9.17, 15) is 9.59 Å². The molecule has 1 aliphatic heterocycles. The van der Waals surface area contributed by atoms with Gasteiger partial charge in [-0.05, 0) is 55.0 Å². The quantitative estimate of drug-likeness (QED) is 0.379. The van der Waals surface area contributed by atoms with Crippen LogP contribution in [0.3, 0.4) is 0 Å². The summed E-state index contributed by atoms with van der Waals surface area (Å²) in [4.78, 5) is 29.9. The summed E-state index contributed by atoms with van der Waals surface area (Å²) < 4.78 is 15.8. The van der Waals surface area contributed by atoms with Gasteiger partial charge in [-0.25, -0.2) is 4.79 Å². The Bertz CT molecular complexity index is 1160. The predicted octanol–water partition coefficient (Wildman–Crippen LogP) is 4.05. The number of benzene rings is 1. The second-order valence-electron chi connectivity index (χ2n) is 7.77. The zero-order valence-electron chi connectivity index (χ0n) is 18.9. The van der Waals surface area contributed by atoms with E-state index in [0.717, 1.165) is 11.3 Å². The highest BCUT2D eigenvalue weighted by molar-refractivity contribution is 7.80. The van der Waals surface area contributed by atoms with Crippen molar-refractivity contribution >= 4 is 29.3 Å². The summed E-state index contributed by atoms with van der Waals surface area (Å²) in [5.41, 5.74) is 2.14. The molecule has 34 heavy (non-hydrogen) atoms. The maximum Gasteiger partial charge on any atom is 0.337 e. The molecule has 1 aromatic carbocycles. The molecule has 2 unspecified atom stereocenters. The fourth-order valence-corrected chi connectivity index (χ4v) is 4.34. The molecule has 0 amide bonds. The van der Waals surface area contributed by atoms with E-state index in [-0.39, 0.29) is 18.1 Å². The highest BCUT2D eigenvalue weighted by Crippen LogP contribution is 2.40. The number of carbonyl (C=O) groups is 2. The van der Waals surface area contributed by atoms with Gasteiger partial charge in [-0.15, -0.1) is 0 Å². The number of pyridine rings is 1. The summed E-state index contributed by atoms with van der Waals surface area (Å²) in [6.07, 6.45) is 2.63. The van der Waals surface area contributed by atoms with Crippen LogP contribution in [0.15, 0.2) is 65.2 Å². The number of ether oxygens (including phenoxy) is 2. The van der Waals surface area contributed by atoms with Crippen LogP contribution in [0.2, 0.25) is 0 Å². The molecule has 3 aromatic rings. The largest absolute Gasteiger partial charge is 0.469 e. The molecule has 4 rings (SSSR count). The van der Waals surface area contributed by atoms with E-state index in [1.807, 2.05) is 47.4 Å².